The molecule has 0 radical (unpaired) electrons. The maximum Gasteiger partial charge on any atom is 0.306 e. The number of hydrogen-bond acceptors (Lipinski definition) is 6. The smallest absolute Gasteiger partial charge is 0.306 e. The van der Waals surface area contributed by atoms with Crippen LogP contribution in [0.4, 0.5) is 5.69 Å². The van der Waals surface area contributed by atoms with Crippen LogP contribution in [0, 0.1) is 6.92 Å². The van der Waals surface area contributed by atoms with E-state index in [1.165, 1.54) is 9.70 Å². The topological polar surface area (TPSA) is 97.6 Å². The molecule has 2 aromatic carbocycles. The summed E-state index contributed by atoms with van der Waals surface area (Å²) < 4.78 is 4.85. The third-order valence-corrected chi connectivity index (χ3v) is 4.30. The fourth-order valence-electron chi connectivity index (χ4n) is 2.86. The normalized spacial score (nSPS) is 10.8. The molecule has 8 nitrogen and oxygen atoms in total. The van der Waals surface area contributed by atoms with Crippen LogP contribution in [-0.2, 0) is 14.3 Å². The van der Waals surface area contributed by atoms with Crippen molar-refractivity contribution in [1.29, 1.82) is 0 Å². The molecule has 0 aliphatic carbocycles. The molecule has 0 aliphatic rings. The number of hydrogen-bond donors (Lipinski definition) is 1. The lowest BCUT2D eigenvalue weighted by molar-refractivity contribution is -0.144. The summed E-state index contributed by atoms with van der Waals surface area (Å²) in [7, 11) is 1.55. The highest BCUT2D eigenvalue weighted by atomic mass is 16.5. The predicted molar refractivity (Wildman–Crippen MR) is 105 cm³/mol. The Kier molecular flexibility index (Phi) is 5.58. The van der Waals surface area contributed by atoms with Crippen LogP contribution in [0.3, 0.4) is 0 Å². The van der Waals surface area contributed by atoms with Crippen LogP contribution in [0.1, 0.15) is 25.3 Å². The van der Waals surface area contributed by atoms with Crippen molar-refractivity contribution < 1.29 is 19.4 Å². The Morgan fingerprint density at radius 2 is 1.79 bits per heavy atom. The maximum atomic E-state index is 12.5. The van der Waals surface area contributed by atoms with E-state index in [1.54, 1.807) is 26.1 Å². The highest BCUT2D eigenvalue weighted by Crippen LogP contribution is 2.34. The van der Waals surface area contributed by atoms with Gasteiger partial charge in [-0.2, -0.15) is 0 Å². The summed E-state index contributed by atoms with van der Waals surface area (Å²) >= 11 is 0. The van der Waals surface area contributed by atoms with E-state index < -0.39 is 5.97 Å². The van der Waals surface area contributed by atoms with E-state index in [4.69, 9.17) is 4.74 Å². The van der Waals surface area contributed by atoms with Crippen molar-refractivity contribution in [3.05, 3.63) is 42.0 Å². The average Bonchev–Trinajstić information content (AvgIpc) is 3.11. The summed E-state index contributed by atoms with van der Waals surface area (Å²) in [6, 6.07) is 10.8. The molecule has 1 N–H and O–H groups in total. The molecule has 0 bridgehead atoms. The van der Waals surface area contributed by atoms with Crippen molar-refractivity contribution in [3.63, 3.8) is 0 Å². The standard InChI is InChI=1S/C20H22N4O4/c1-4-28-19(26)10-9-18(25)23(3)16-11-13(2)12-17(20(16)27)24-21-14-7-5-6-8-15(14)22-24/h5-8,11-12,27H,4,9-10H2,1-3H3. The van der Waals surface area contributed by atoms with Gasteiger partial charge in [0.05, 0.1) is 18.7 Å². The van der Waals surface area contributed by atoms with Crippen LogP contribution in [0.2, 0.25) is 0 Å². The number of esters is 1. The Hall–Kier alpha value is -3.42. The Balaban J connectivity index is 1.90. The summed E-state index contributed by atoms with van der Waals surface area (Å²) in [5.74, 6) is -0.845. The number of phenols is 1. The second-order valence-electron chi connectivity index (χ2n) is 6.39. The van der Waals surface area contributed by atoms with E-state index in [0.717, 1.165) is 5.56 Å². The van der Waals surface area contributed by atoms with Gasteiger partial charge in [0.15, 0.2) is 5.75 Å². The maximum absolute atomic E-state index is 12.5. The molecule has 146 valence electrons. The van der Waals surface area contributed by atoms with Gasteiger partial charge in [0.25, 0.3) is 0 Å². The van der Waals surface area contributed by atoms with E-state index in [2.05, 4.69) is 10.2 Å². The van der Waals surface area contributed by atoms with Crippen molar-refractivity contribution in [2.75, 3.05) is 18.6 Å². The van der Waals surface area contributed by atoms with Gasteiger partial charge < -0.3 is 14.7 Å². The van der Waals surface area contributed by atoms with Gasteiger partial charge in [-0.1, -0.05) is 12.1 Å². The zero-order valence-electron chi connectivity index (χ0n) is 16.0. The van der Waals surface area contributed by atoms with E-state index >= 15 is 0 Å². The van der Waals surface area contributed by atoms with Crippen LogP contribution in [0.15, 0.2) is 36.4 Å². The zero-order valence-corrected chi connectivity index (χ0v) is 16.0. The van der Waals surface area contributed by atoms with Crippen molar-refractivity contribution in [2.24, 2.45) is 0 Å². The molecule has 8 heteroatoms. The zero-order chi connectivity index (χ0) is 20.3. The molecule has 3 rings (SSSR count). The minimum absolute atomic E-state index is 0.0114. The van der Waals surface area contributed by atoms with E-state index in [1.807, 2.05) is 31.2 Å². The number of aromatic nitrogens is 3. The van der Waals surface area contributed by atoms with Gasteiger partial charge in [-0.25, -0.2) is 0 Å². The number of rotatable bonds is 6. The van der Waals surface area contributed by atoms with Crippen molar-refractivity contribution >= 4 is 28.6 Å². The summed E-state index contributed by atoms with van der Waals surface area (Å²) in [6.07, 6.45) is -0.0233. The molecule has 3 aromatic rings. The van der Waals surface area contributed by atoms with Crippen molar-refractivity contribution in [1.82, 2.24) is 15.0 Å². The molecule has 0 spiro atoms. The van der Waals surface area contributed by atoms with Gasteiger partial charge in [-0.05, 0) is 43.7 Å². The van der Waals surface area contributed by atoms with Gasteiger partial charge in [-0.15, -0.1) is 15.0 Å². The molecule has 0 fully saturated rings. The first-order valence-corrected chi connectivity index (χ1v) is 8.99. The van der Waals surface area contributed by atoms with Crippen LogP contribution in [0.25, 0.3) is 16.7 Å². The first-order valence-electron chi connectivity index (χ1n) is 8.99. The number of aromatic hydroxyl groups is 1. The lowest BCUT2D eigenvalue weighted by Crippen LogP contribution is -2.27. The Morgan fingerprint density at radius 3 is 2.39 bits per heavy atom. The minimum Gasteiger partial charge on any atom is -0.504 e. The Labute approximate surface area is 162 Å². The molecule has 0 unspecified atom stereocenters. The van der Waals surface area contributed by atoms with Gasteiger partial charge in [0.1, 0.15) is 16.7 Å². The monoisotopic (exact) mass is 382 g/mol. The number of carbonyl (C=O) groups excluding carboxylic acids is 2. The molecule has 0 saturated heterocycles. The first kappa shape index (κ1) is 19.3. The number of anilines is 1. The summed E-state index contributed by atoms with van der Waals surface area (Å²) in [5, 5.41) is 19.6. The molecule has 1 aromatic heterocycles. The molecular weight excluding hydrogens is 360 g/mol. The number of ether oxygens (including phenoxy) is 1. The van der Waals surface area contributed by atoms with Crippen LogP contribution in [-0.4, -0.2) is 45.6 Å². The van der Waals surface area contributed by atoms with E-state index in [0.29, 0.717) is 22.4 Å². The highest BCUT2D eigenvalue weighted by Gasteiger charge is 2.20. The molecular formula is C20H22N4O4. The molecule has 1 heterocycles. The minimum atomic E-state index is -0.425. The number of nitrogens with zero attached hydrogens (tertiary/aromatic N) is 4. The first-order chi connectivity index (χ1) is 13.4. The molecule has 0 saturated carbocycles. The SMILES string of the molecule is CCOC(=O)CCC(=O)N(C)c1cc(C)cc(-n2nc3ccccc3n2)c1O. The third kappa shape index (κ3) is 3.95. The Bertz CT molecular complexity index is 995. The Morgan fingerprint density at radius 1 is 1.14 bits per heavy atom. The summed E-state index contributed by atoms with van der Waals surface area (Å²) in [5.41, 5.74) is 2.92. The average molecular weight is 382 g/mol. The predicted octanol–water partition coefficient (Wildman–Crippen LogP) is 2.74. The fourth-order valence-corrected chi connectivity index (χ4v) is 2.86. The van der Waals surface area contributed by atoms with Crippen LogP contribution in [0.5, 0.6) is 5.75 Å². The van der Waals surface area contributed by atoms with Crippen molar-refractivity contribution in [2.45, 2.75) is 26.7 Å². The number of carbonyl (C=O) groups is 2. The molecule has 0 aliphatic heterocycles. The summed E-state index contributed by atoms with van der Waals surface area (Å²) in [4.78, 5) is 26.6. The highest BCUT2D eigenvalue weighted by molar-refractivity contribution is 5.96. The lowest BCUT2D eigenvalue weighted by Gasteiger charge is -2.20. The van der Waals surface area contributed by atoms with E-state index in [9.17, 15) is 14.7 Å². The second-order valence-corrected chi connectivity index (χ2v) is 6.39. The quantitative estimate of drug-likeness (QED) is 0.659. The molecule has 0 atom stereocenters. The van der Waals surface area contributed by atoms with E-state index in [-0.39, 0.29) is 31.1 Å². The number of phenolic OH excluding ortho intramolecular Hbond substituents is 1. The van der Waals surface area contributed by atoms with Crippen molar-refractivity contribution in [3.8, 4) is 11.4 Å². The number of amides is 1. The van der Waals surface area contributed by atoms with Gasteiger partial charge in [-0.3, -0.25) is 9.59 Å². The van der Waals surface area contributed by atoms with Crippen LogP contribution < -0.4 is 4.90 Å². The van der Waals surface area contributed by atoms with Crippen LogP contribution >= 0.6 is 0 Å². The summed E-state index contributed by atoms with van der Waals surface area (Å²) in [6.45, 7) is 3.84. The number of fused-ring (bicyclic) bond motifs is 1. The second kappa shape index (κ2) is 8.08. The third-order valence-electron chi connectivity index (χ3n) is 4.30. The molecule has 1 amide bonds. The lowest BCUT2D eigenvalue weighted by atomic mass is 10.1. The largest absolute Gasteiger partial charge is 0.504 e. The number of benzene rings is 2. The van der Waals surface area contributed by atoms with Gasteiger partial charge >= 0.3 is 5.97 Å². The van der Waals surface area contributed by atoms with Gasteiger partial charge in [0.2, 0.25) is 5.91 Å². The fraction of sp³-hybridized carbons (Fsp3) is 0.300. The molecule has 28 heavy (non-hydrogen) atoms. The van der Waals surface area contributed by atoms with Gasteiger partial charge in [0, 0.05) is 13.5 Å². The number of aryl methyl sites for hydroxylation is 1.